The summed E-state index contributed by atoms with van der Waals surface area (Å²) in [6, 6.07) is 8.11. The molecule has 0 spiro atoms. The van der Waals surface area contributed by atoms with Crippen molar-refractivity contribution in [3.05, 3.63) is 30.1 Å². The summed E-state index contributed by atoms with van der Waals surface area (Å²) in [7, 11) is 0. The van der Waals surface area contributed by atoms with E-state index in [1.165, 1.54) is 0 Å². The van der Waals surface area contributed by atoms with E-state index in [2.05, 4.69) is 22.9 Å². The molecule has 0 saturated heterocycles. The number of nitrogens with zero attached hydrogens (tertiary/aromatic N) is 2. The molecular formula is C20H32Cl2N4O2. The summed E-state index contributed by atoms with van der Waals surface area (Å²) < 4.78 is 7.90. The maximum absolute atomic E-state index is 12.7. The van der Waals surface area contributed by atoms with Crippen LogP contribution in [0.15, 0.2) is 24.3 Å². The molecule has 1 aliphatic rings. The molecule has 28 heavy (non-hydrogen) atoms. The summed E-state index contributed by atoms with van der Waals surface area (Å²) in [5, 5.41) is 3.01. The second kappa shape index (κ2) is 9.44. The second-order valence-corrected chi connectivity index (χ2v) is 7.61. The van der Waals surface area contributed by atoms with Crippen molar-refractivity contribution >= 4 is 41.8 Å². The van der Waals surface area contributed by atoms with Crippen molar-refractivity contribution in [2.24, 2.45) is 11.1 Å². The SMILES string of the molecule is CCOC1CC(N)(C(=O)NCCc2nc3ccccc3n2CC)C1(C)C.Cl.Cl. The molecule has 3 N–H and O–H groups in total. The summed E-state index contributed by atoms with van der Waals surface area (Å²) in [5.74, 6) is 0.887. The first-order valence-electron chi connectivity index (χ1n) is 9.48. The predicted molar refractivity (Wildman–Crippen MR) is 117 cm³/mol. The van der Waals surface area contributed by atoms with Crippen LogP contribution in [0.1, 0.15) is 39.9 Å². The van der Waals surface area contributed by atoms with Gasteiger partial charge in [0.05, 0.1) is 17.1 Å². The number of imidazole rings is 1. The number of nitrogens with one attached hydrogen (secondary N) is 1. The average Bonchev–Trinajstić information content (AvgIpc) is 2.98. The molecule has 2 unspecified atom stereocenters. The fourth-order valence-electron chi connectivity index (χ4n) is 3.94. The number of hydrogen-bond acceptors (Lipinski definition) is 4. The topological polar surface area (TPSA) is 82.2 Å². The molecule has 0 aliphatic heterocycles. The lowest BCUT2D eigenvalue weighted by Gasteiger charge is -2.57. The number of benzene rings is 1. The zero-order valence-electron chi connectivity index (χ0n) is 17.0. The van der Waals surface area contributed by atoms with E-state index in [0.29, 0.717) is 26.0 Å². The molecule has 0 radical (unpaired) electrons. The molecule has 1 fully saturated rings. The fraction of sp³-hybridized carbons (Fsp3) is 0.600. The van der Waals surface area contributed by atoms with Crippen molar-refractivity contribution in [2.45, 2.75) is 58.7 Å². The molecule has 2 atom stereocenters. The Bertz CT molecular complexity index is 809. The Morgan fingerprint density at radius 2 is 2.00 bits per heavy atom. The number of carbonyl (C=O) groups excluding carboxylic acids is 1. The molecule has 1 aromatic heterocycles. The van der Waals surface area contributed by atoms with Crippen molar-refractivity contribution in [3.8, 4) is 0 Å². The van der Waals surface area contributed by atoms with E-state index < -0.39 is 5.54 Å². The van der Waals surface area contributed by atoms with Crippen molar-refractivity contribution in [1.29, 1.82) is 0 Å². The smallest absolute Gasteiger partial charge is 0.240 e. The summed E-state index contributed by atoms with van der Waals surface area (Å²) in [6.07, 6.45) is 1.28. The van der Waals surface area contributed by atoms with Crippen LogP contribution in [-0.4, -0.2) is 40.3 Å². The lowest BCUT2D eigenvalue weighted by molar-refractivity contribution is -0.170. The normalized spacial score (nSPS) is 22.7. The van der Waals surface area contributed by atoms with Crippen LogP contribution in [0.3, 0.4) is 0 Å². The van der Waals surface area contributed by atoms with E-state index in [-0.39, 0.29) is 42.2 Å². The van der Waals surface area contributed by atoms with E-state index in [0.717, 1.165) is 23.4 Å². The van der Waals surface area contributed by atoms with E-state index in [4.69, 9.17) is 15.5 Å². The van der Waals surface area contributed by atoms with Gasteiger partial charge in [0, 0.05) is 38.0 Å². The summed E-state index contributed by atoms with van der Waals surface area (Å²) in [5.41, 5.74) is 7.30. The van der Waals surface area contributed by atoms with Gasteiger partial charge in [-0.1, -0.05) is 26.0 Å². The van der Waals surface area contributed by atoms with Crippen LogP contribution in [0, 0.1) is 5.41 Å². The number of ether oxygens (including phenoxy) is 1. The van der Waals surface area contributed by atoms with Crippen LogP contribution >= 0.6 is 24.8 Å². The van der Waals surface area contributed by atoms with E-state index >= 15 is 0 Å². The molecular weight excluding hydrogens is 399 g/mol. The van der Waals surface area contributed by atoms with Gasteiger partial charge in [-0.15, -0.1) is 24.8 Å². The molecule has 1 aliphatic carbocycles. The monoisotopic (exact) mass is 430 g/mol. The largest absolute Gasteiger partial charge is 0.378 e. The first kappa shape index (κ1) is 24.7. The molecule has 2 aromatic rings. The van der Waals surface area contributed by atoms with Gasteiger partial charge in [-0.2, -0.15) is 0 Å². The summed E-state index contributed by atoms with van der Waals surface area (Å²) >= 11 is 0. The molecule has 1 heterocycles. The maximum atomic E-state index is 12.7. The Balaban J connectivity index is 0.00000196. The van der Waals surface area contributed by atoms with Gasteiger partial charge in [-0.3, -0.25) is 4.79 Å². The van der Waals surface area contributed by atoms with Gasteiger partial charge in [0.2, 0.25) is 5.91 Å². The first-order chi connectivity index (χ1) is 12.3. The minimum absolute atomic E-state index is 0. The third kappa shape index (κ3) is 4.01. The van der Waals surface area contributed by atoms with E-state index in [1.807, 2.05) is 39.0 Å². The number of rotatable bonds is 7. The van der Waals surface area contributed by atoms with Crippen molar-refractivity contribution in [1.82, 2.24) is 14.9 Å². The Labute approximate surface area is 179 Å². The number of fused-ring (bicyclic) bond motifs is 1. The highest BCUT2D eigenvalue weighted by Crippen LogP contribution is 2.49. The molecule has 158 valence electrons. The van der Waals surface area contributed by atoms with Gasteiger partial charge in [0.1, 0.15) is 11.4 Å². The number of para-hydroxylation sites is 2. The van der Waals surface area contributed by atoms with Gasteiger partial charge >= 0.3 is 0 Å². The molecule has 8 heteroatoms. The average molecular weight is 431 g/mol. The number of hydrogen-bond donors (Lipinski definition) is 2. The quantitative estimate of drug-likeness (QED) is 0.706. The minimum atomic E-state index is -0.877. The highest BCUT2D eigenvalue weighted by Gasteiger charge is 2.62. The fourth-order valence-corrected chi connectivity index (χ4v) is 3.94. The standard InChI is InChI=1S/C20H30N4O2.2ClH/c1-5-24-15-10-8-7-9-14(15)23-17(24)11-12-22-18(25)20(21)13-16(26-6-2)19(20,3)4;;/h7-10,16H,5-6,11-13,21H2,1-4H3,(H,22,25);2*1H. The number of aryl methyl sites for hydroxylation is 1. The Morgan fingerprint density at radius 1 is 1.32 bits per heavy atom. The lowest BCUT2D eigenvalue weighted by atomic mass is 9.54. The maximum Gasteiger partial charge on any atom is 0.240 e. The van der Waals surface area contributed by atoms with Crippen molar-refractivity contribution in [2.75, 3.05) is 13.2 Å². The zero-order valence-corrected chi connectivity index (χ0v) is 18.7. The number of aromatic nitrogens is 2. The molecule has 3 rings (SSSR count). The highest BCUT2D eigenvalue weighted by atomic mass is 35.5. The van der Waals surface area contributed by atoms with E-state index in [9.17, 15) is 4.79 Å². The Kier molecular flexibility index (Phi) is 8.33. The molecule has 1 aromatic carbocycles. The van der Waals surface area contributed by atoms with Crippen LogP contribution in [0.5, 0.6) is 0 Å². The zero-order chi connectivity index (χ0) is 18.9. The number of halogens is 2. The molecule has 1 saturated carbocycles. The minimum Gasteiger partial charge on any atom is -0.378 e. The Hall–Kier alpha value is -1.34. The first-order valence-corrected chi connectivity index (χ1v) is 9.48. The van der Waals surface area contributed by atoms with Crippen molar-refractivity contribution in [3.63, 3.8) is 0 Å². The molecule has 1 amide bonds. The van der Waals surface area contributed by atoms with Gasteiger partial charge in [-0.05, 0) is 26.0 Å². The van der Waals surface area contributed by atoms with Gasteiger partial charge in [0.15, 0.2) is 0 Å². The summed E-state index contributed by atoms with van der Waals surface area (Å²) in [4.78, 5) is 17.4. The van der Waals surface area contributed by atoms with Gasteiger partial charge in [-0.25, -0.2) is 4.98 Å². The lowest BCUT2D eigenvalue weighted by Crippen LogP contribution is -2.75. The number of amides is 1. The Morgan fingerprint density at radius 3 is 2.61 bits per heavy atom. The van der Waals surface area contributed by atoms with Crippen LogP contribution in [0.4, 0.5) is 0 Å². The molecule has 6 nitrogen and oxygen atoms in total. The highest BCUT2D eigenvalue weighted by molar-refractivity contribution is 5.88. The van der Waals surface area contributed by atoms with Crippen LogP contribution in [0.2, 0.25) is 0 Å². The van der Waals surface area contributed by atoms with Crippen molar-refractivity contribution < 1.29 is 9.53 Å². The van der Waals surface area contributed by atoms with Gasteiger partial charge < -0.3 is 20.4 Å². The number of carbonyl (C=O) groups is 1. The van der Waals surface area contributed by atoms with E-state index in [1.54, 1.807) is 0 Å². The summed E-state index contributed by atoms with van der Waals surface area (Å²) in [6.45, 7) is 10.1. The van der Waals surface area contributed by atoms with Crippen LogP contribution in [0.25, 0.3) is 11.0 Å². The van der Waals surface area contributed by atoms with Crippen LogP contribution < -0.4 is 11.1 Å². The third-order valence-corrected chi connectivity index (χ3v) is 5.92. The number of nitrogens with two attached hydrogens (primary N) is 1. The second-order valence-electron chi connectivity index (χ2n) is 7.61. The third-order valence-electron chi connectivity index (χ3n) is 5.92. The predicted octanol–water partition coefficient (Wildman–Crippen LogP) is 3.09. The van der Waals surface area contributed by atoms with Crippen LogP contribution in [-0.2, 0) is 22.5 Å². The van der Waals surface area contributed by atoms with Gasteiger partial charge in [0.25, 0.3) is 0 Å². The molecule has 0 bridgehead atoms.